The fraction of sp³-hybridized carbons (Fsp3) is 0.476. The van der Waals surface area contributed by atoms with Gasteiger partial charge in [-0.3, -0.25) is 4.68 Å². The Morgan fingerprint density at radius 3 is 2.47 bits per heavy atom. The Morgan fingerprint density at radius 2 is 1.97 bits per heavy atom. The molecule has 0 aliphatic carbocycles. The molecule has 1 heterocycles. The number of benzene rings is 1. The molecular formula is C21H28ClN3O5. The van der Waals surface area contributed by atoms with E-state index in [4.69, 9.17) is 21.1 Å². The van der Waals surface area contributed by atoms with Crippen LogP contribution in [-0.2, 0) is 22.5 Å². The summed E-state index contributed by atoms with van der Waals surface area (Å²) in [4.78, 5) is 23.7. The van der Waals surface area contributed by atoms with E-state index >= 15 is 0 Å². The van der Waals surface area contributed by atoms with Crippen molar-refractivity contribution in [2.45, 2.75) is 59.2 Å². The number of nitrogens with one attached hydrogen (secondary N) is 1. The fourth-order valence-electron chi connectivity index (χ4n) is 2.96. The normalized spacial score (nSPS) is 12.4. The summed E-state index contributed by atoms with van der Waals surface area (Å²) >= 11 is 6.24. The first-order valence-corrected chi connectivity index (χ1v) is 9.86. The molecule has 0 aliphatic rings. The molecule has 9 heteroatoms. The molecule has 1 amide bonds. The highest BCUT2D eigenvalue weighted by Crippen LogP contribution is 2.25. The minimum Gasteiger partial charge on any atom is -0.496 e. The standard InChI is InChI=1S/C21H28ClN3O5/c1-12-18(22)13(2)25(24-12)11-15-9-14(7-8-17(15)29-6)10-16(19(26)27)23-20(28)30-21(3,4)5/h7-9,16H,10-11H2,1-6H3,(H,23,28)(H,26,27). The SMILES string of the molecule is COc1ccc(CC(NC(=O)OC(C)(C)C)C(=O)O)cc1Cn1nc(C)c(Cl)c1C. The number of aliphatic carboxylic acids is 1. The molecule has 0 saturated carbocycles. The Labute approximate surface area is 181 Å². The van der Waals surface area contributed by atoms with Gasteiger partial charge in [0.05, 0.1) is 30.1 Å². The van der Waals surface area contributed by atoms with E-state index in [0.717, 1.165) is 22.5 Å². The number of methoxy groups -OCH3 is 1. The summed E-state index contributed by atoms with van der Waals surface area (Å²) in [6, 6.07) is 4.24. The molecular weight excluding hydrogens is 410 g/mol. The lowest BCUT2D eigenvalue weighted by atomic mass is 10.0. The van der Waals surface area contributed by atoms with E-state index in [1.807, 2.05) is 19.9 Å². The number of amides is 1. The van der Waals surface area contributed by atoms with Gasteiger partial charge >= 0.3 is 12.1 Å². The van der Waals surface area contributed by atoms with Crippen molar-refractivity contribution in [2.75, 3.05) is 7.11 Å². The maximum absolute atomic E-state index is 12.0. The number of nitrogens with zero attached hydrogens (tertiary/aromatic N) is 2. The van der Waals surface area contributed by atoms with Crippen LogP contribution in [0.1, 0.15) is 43.3 Å². The Kier molecular flexibility index (Phi) is 7.36. The fourth-order valence-corrected chi connectivity index (χ4v) is 3.09. The molecule has 8 nitrogen and oxygen atoms in total. The minimum absolute atomic E-state index is 0.0867. The molecule has 1 aromatic heterocycles. The van der Waals surface area contributed by atoms with Crippen LogP contribution < -0.4 is 10.1 Å². The summed E-state index contributed by atoms with van der Waals surface area (Å²) in [5.74, 6) is -0.502. The van der Waals surface area contributed by atoms with Gasteiger partial charge in [0.15, 0.2) is 0 Å². The Hall–Kier alpha value is -2.74. The third-order valence-electron chi connectivity index (χ3n) is 4.39. The second-order valence-corrected chi connectivity index (χ2v) is 8.41. The van der Waals surface area contributed by atoms with Crippen molar-refractivity contribution in [3.05, 3.63) is 45.7 Å². The zero-order valence-electron chi connectivity index (χ0n) is 18.1. The third kappa shape index (κ3) is 6.13. The Bertz CT molecular complexity index is 933. The first kappa shape index (κ1) is 23.5. The maximum Gasteiger partial charge on any atom is 0.408 e. The smallest absolute Gasteiger partial charge is 0.408 e. The summed E-state index contributed by atoms with van der Waals surface area (Å²) in [6.45, 7) is 9.26. The zero-order chi connectivity index (χ0) is 22.6. The van der Waals surface area contributed by atoms with Gasteiger partial charge in [0.25, 0.3) is 0 Å². The van der Waals surface area contributed by atoms with E-state index in [1.54, 1.807) is 44.7 Å². The number of carboxylic acid groups (broad SMARTS) is 1. The van der Waals surface area contributed by atoms with Crippen molar-refractivity contribution >= 4 is 23.7 Å². The number of ether oxygens (including phenoxy) is 2. The molecule has 0 spiro atoms. The highest BCUT2D eigenvalue weighted by molar-refractivity contribution is 6.31. The average Bonchev–Trinajstić information content (AvgIpc) is 2.86. The molecule has 0 saturated heterocycles. The molecule has 1 atom stereocenters. The van der Waals surface area contributed by atoms with Crippen molar-refractivity contribution in [3.8, 4) is 5.75 Å². The molecule has 2 N–H and O–H groups in total. The summed E-state index contributed by atoms with van der Waals surface area (Å²) in [5, 5.41) is 17.0. The average molecular weight is 438 g/mol. The van der Waals surface area contributed by atoms with Gasteiger partial charge < -0.3 is 19.9 Å². The van der Waals surface area contributed by atoms with E-state index in [0.29, 0.717) is 17.3 Å². The number of aromatic nitrogens is 2. The monoisotopic (exact) mass is 437 g/mol. The van der Waals surface area contributed by atoms with Crippen LogP contribution in [0.15, 0.2) is 18.2 Å². The van der Waals surface area contributed by atoms with Gasteiger partial charge in [-0.2, -0.15) is 5.10 Å². The molecule has 164 valence electrons. The summed E-state index contributed by atoms with van der Waals surface area (Å²) in [5.41, 5.74) is 2.38. The first-order chi connectivity index (χ1) is 13.9. The van der Waals surface area contributed by atoms with Gasteiger partial charge in [0.1, 0.15) is 17.4 Å². The second-order valence-electron chi connectivity index (χ2n) is 8.03. The van der Waals surface area contributed by atoms with E-state index in [9.17, 15) is 14.7 Å². The molecule has 2 rings (SSSR count). The van der Waals surface area contributed by atoms with Crippen LogP contribution in [-0.4, -0.2) is 45.7 Å². The number of rotatable bonds is 7. The molecule has 2 aromatic rings. The first-order valence-electron chi connectivity index (χ1n) is 9.49. The van der Waals surface area contributed by atoms with E-state index in [-0.39, 0.29) is 6.42 Å². The van der Waals surface area contributed by atoms with Crippen molar-refractivity contribution < 1.29 is 24.2 Å². The van der Waals surface area contributed by atoms with Gasteiger partial charge in [-0.15, -0.1) is 0 Å². The Balaban J connectivity index is 2.24. The lowest BCUT2D eigenvalue weighted by Crippen LogP contribution is -2.44. The van der Waals surface area contributed by atoms with Crippen LogP contribution in [0.3, 0.4) is 0 Å². The van der Waals surface area contributed by atoms with Crippen LogP contribution in [0.4, 0.5) is 4.79 Å². The topological polar surface area (TPSA) is 103 Å². The van der Waals surface area contributed by atoms with Crippen LogP contribution in [0.2, 0.25) is 5.02 Å². The number of aryl methyl sites for hydroxylation is 1. The number of carbonyl (C=O) groups is 2. The van der Waals surface area contributed by atoms with E-state index < -0.39 is 23.7 Å². The Morgan fingerprint density at radius 1 is 1.30 bits per heavy atom. The molecule has 1 unspecified atom stereocenters. The van der Waals surface area contributed by atoms with E-state index in [2.05, 4.69) is 10.4 Å². The van der Waals surface area contributed by atoms with Crippen LogP contribution in [0.5, 0.6) is 5.75 Å². The van der Waals surface area contributed by atoms with Crippen LogP contribution in [0, 0.1) is 13.8 Å². The largest absolute Gasteiger partial charge is 0.496 e. The quantitative estimate of drug-likeness (QED) is 0.684. The van der Waals surface area contributed by atoms with E-state index in [1.165, 1.54) is 0 Å². The lowest BCUT2D eigenvalue weighted by molar-refractivity contribution is -0.139. The number of carbonyl (C=O) groups excluding carboxylic acids is 1. The molecule has 1 aromatic carbocycles. The molecule has 0 aliphatic heterocycles. The number of hydrogen-bond donors (Lipinski definition) is 2. The second kappa shape index (κ2) is 9.38. The molecule has 30 heavy (non-hydrogen) atoms. The minimum atomic E-state index is -1.15. The predicted octanol–water partition coefficient (Wildman–Crippen LogP) is 3.73. The zero-order valence-corrected chi connectivity index (χ0v) is 18.8. The van der Waals surface area contributed by atoms with Crippen molar-refractivity contribution in [2.24, 2.45) is 0 Å². The third-order valence-corrected chi connectivity index (χ3v) is 4.93. The number of halogens is 1. The van der Waals surface area contributed by atoms with Crippen molar-refractivity contribution in [1.29, 1.82) is 0 Å². The predicted molar refractivity (Wildman–Crippen MR) is 113 cm³/mol. The number of hydrogen-bond acceptors (Lipinski definition) is 5. The van der Waals surface area contributed by atoms with Gasteiger partial charge in [0, 0.05) is 12.0 Å². The van der Waals surface area contributed by atoms with Crippen LogP contribution in [0.25, 0.3) is 0 Å². The molecule has 0 fully saturated rings. The number of alkyl carbamates (subject to hydrolysis) is 1. The van der Waals surface area contributed by atoms with Crippen LogP contribution >= 0.6 is 11.6 Å². The number of carboxylic acids is 1. The summed E-state index contributed by atoms with van der Waals surface area (Å²) < 4.78 is 12.4. The van der Waals surface area contributed by atoms with Gasteiger partial charge in [-0.25, -0.2) is 9.59 Å². The van der Waals surface area contributed by atoms with Gasteiger partial charge in [-0.05, 0) is 46.2 Å². The highest BCUT2D eigenvalue weighted by Gasteiger charge is 2.24. The molecule has 0 radical (unpaired) electrons. The van der Waals surface area contributed by atoms with Gasteiger partial charge in [0.2, 0.25) is 0 Å². The van der Waals surface area contributed by atoms with Gasteiger partial charge in [-0.1, -0.05) is 23.7 Å². The summed E-state index contributed by atoms with van der Waals surface area (Å²) in [6.07, 6.45) is -0.690. The maximum atomic E-state index is 12.0. The molecule has 0 bridgehead atoms. The van der Waals surface area contributed by atoms with Crippen molar-refractivity contribution in [3.63, 3.8) is 0 Å². The summed E-state index contributed by atoms with van der Waals surface area (Å²) in [7, 11) is 1.57. The lowest BCUT2D eigenvalue weighted by Gasteiger charge is -2.22. The highest BCUT2D eigenvalue weighted by atomic mass is 35.5. The van der Waals surface area contributed by atoms with Crippen molar-refractivity contribution in [1.82, 2.24) is 15.1 Å².